The first-order valence-corrected chi connectivity index (χ1v) is 6.83. The predicted octanol–water partition coefficient (Wildman–Crippen LogP) is 0.635. The fourth-order valence-electron chi connectivity index (χ4n) is 2.47. The number of nitrogens with zero attached hydrogens (tertiary/aromatic N) is 2. The minimum Gasteiger partial charge on any atom is -0.468 e. The Bertz CT molecular complexity index is 431. The summed E-state index contributed by atoms with van der Waals surface area (Å²) < 4.78 is 9.06. The molecule has 0 aromatic heterocycles. The van der Waals surface area contributed by atoms with E-state index in [4.69, 9.17) is 0 Å². The lowest BCUT2D eigenvalue weighted by Gasteiger charge is -2.33. The van der Waals surface area contributed by atoms with Crippen molar-refractivity contribution in [3.05, 3.63) is 0 Å². The van der Waals surface area contributed by atoms with Gasteiger partial charge in [0.25, 0.3) is 0 Å². The molecule has 7 heteroatoms. The van der Waals surface area contributed by atoms with Gasteiger partial charge in [-0.15, -0.1) is 0 Å². The third kappa shape index (κ3) is 4.18. The second-order valence-corrected chi connectivity index (χ2v) is 5.07. The van der Waals surface area contributed by atoms with Crippen molar-refractivity contribution >= 4 is 17.8 Å². The Balaban J connectivity index is 2.94. The number of esters is 2. The minimum atomic E-state index is -1.15. The average molecular weight is 296 g/mol. The molecule has 0 spiro atoms. The van der Waals surface area contributed by atoms with Crippen molar-refractivity contribution in [3.8, 4) is 6.07 Å². The zero-order valence-electron chi connectivity index (χ0n) is 12.4. The molecule has 0 heterocycles. The summed E-state index contributed by atoms with van der Waals surface area (Å²) in [4.78, 5) is 36.5. The van der Waals surface area contributed by atoms with Crippen LogP contribution in [0, 0.1) is 16.7 Å². The number of amides is 1. The summed E-state index contributed by atoms with van der Waals surface area (Å²) in [5.74, 6) is -1.78. The van der Waals surface area contributed by atoms with E-state index in [9.17, 15) is 19.6 Å². The van der Waals surface area contributed by atoms with Gasteiger partial charge in [-0.3, -0.25) is 14.4 Å². The topological polar surface area (TPSA) is 96.7 Å². The normalized spacial score (nSPS) is 16.4. The number of ether oxygens (including phenoxy) is 2. The summed E-state index contributed by atoms with van der Waals surface area (Å²) in [7, 11) is 2.40. The summed E-state index contributed by atoms with van der Waals surface area (Å²) in [6, 6.07) is 2.08. The predicted molar refractivity (Wildman–Crippen MR) is 71.7 cm³/mol. The Morgan fingerprint density at radius 3 is 1.90 bits per heavy atom. The molecule has 0 bridgehead atoms. The van der Waals surface area contributed by atoms with Crippen LogP contribution in [0.5, 0.6) is 0 Å². The van der Waals surface area contributed by atoms with Crippen LogP contribution in [-0.2, 0) is 23.9 Å². The summed E-state index contributed by atoms with van der Waals surface area (Å²) in [5, 5.41) is 9.41. The maximum Gasteiger partial charge on any atom is 0.325 e. The molecule has 1 saturated carbocycles. The summed E-state index contributed by atoms with van der Waals surface area (Å²) in [6.45, 7) is -0.734. The van der Waals surface area contributed by atoms with E-state index in [1.54, 1.807) is 0 Å². The molecule has 0 atom stereocenters. The number of hydrogen-bond acceptors (Lipinski definition) is 6. The highest BCUT2D eigenvalue weighted by atomic mass is 16.5. The molecule has 1 amide bonds. The Labute approximate surface area is 123 Å². The van der Waals surface area contributed by atoms with E-state index in [0.29, 0.717) is 12.8 Å². The highest BCUT2D eigenvalue weighted by Crippen LogP contribution is 2.37. The molecule has 21 heavy (non-hydrogen) atoms. The van der Waals surface area contributed by atoms with Crippen LogP contribution in [0.3, 0.4) is 0 Å². The number of carbonyl (C=O) groups is 3. The lowest BCUT2D eigenvalue weighted by Crippen LogP contribution is -2.48. The zero-order valence-corrected chi connectivity index (χ0v) is 12.4. The van der Waals surface area contributed by atoms with Gasteiger partial charge in [-0.1, -0.05) is 19.3 Å². The van der Waals surface area contributed by atoms with Crippen LogP contribution in [0.2, 0.25) is 0 Å². The van der Waals surface area contributed by atoms with E-state index >= 15 is 0 Å². The second kappa shape index (κ2) is 7.62. The Hall–Kier alpha value is -2.10. The number of carbonyl (C=O) groups excluding carboxylic acids is 3. The molecule has 0 aromatic carbocycles. The molecule has 7 nitrogen and oxygen atoms in total. The van der Waals surface area contributed by atoms with E-state index in [1.807, 2.05) is 0 Å². The summed E-state index contributed by atoms with van der Waals surface area (Å²) >= 11 is 0. The van der Waals surface area contributed by atoms with Gasteiger partial charge in [0.2, 0.25) is 5.91 Å². The van der Waals surface area contributed by atoms with E-state index in [2.05, 4.69) is 15.5 Å². The molecule has 0 unspecified atom stereocenters. The highest BCUT2D eigenvalue weighted by molar-refractivity contribution is 5.91. The Kier molecular flexibility index (Phi) is 6.15. The standard InChI is InChI=1S/C14H20N2O5/c1-20-11(17)8-16(9-12(18)21-2)13(19)14(10-15)6-4-3-5-7-14/h3-9H2,1-2H3. The first kappa shape index (κ1) is 17.0. The molecule has 1 rings (SSSR count). The number of hydrogen-bond donors (Lipinski definition) is 0. The van der Waals surface area contributed by atoms with Crippen LogP contribution in [-0.4, -0.2) is 50.1 Å². The largest absolute Gasteiger partial charge is 0.468 e. The van der Waals surface area contributed by atoms with Gasteiger partial charge in [0, 0.05) is 0 Å². The fraction of sp³-hybridized carbons (Fsp3) is 0.714. The lowest BCUT2D eigenvalue weighted by molar-refractivity contribution is -0.155. The molecule has 116 valence electrons. The number of nitriles is 1. The van der Waals surface area contributed by atoms with E-state index in [-0.39, 0.29) is 13.1 Å². The molecule has 1 aliphatic carbocycles. The van der Waals surface area contributed by atoms with Crippen LogP contribution >= 0.6 is 0 Å². The van der Waals surface area contributed by atoms with Gasteiger partial charge in [0.05, 0.1) is 20.3 Å². The molecule has 1 aliphatic rings. The van der Waals surface area contributed by atoms with Crippen molar-refractivity contribution in [3.63, 3.8) is 0 Å². The van der Waals surface area contributed by atoms with Gasteiger partial charge < -0.3 is 14.4 Å². The van der Waals surface area contributed by atoms with Crippen LogP contribution in [0.4, 0.5) is 0 Å². The van der Waals surface area contributed by atoms with Crippen molar-refractivity contribution in [1.82, 2.24) is 4.90 Å². The lowest BCUT2D eigenvalue weighted by atomic mass is 9.74. The maximum atomic E-state index is 12.6. The Morgan fingerprint density at radius 2 is 1.52 bits per heavy atom. The minimum absolute atomic E-state index is 0.367. The molecular weight excluding hydrogens is 276 g/mol. The molecule has 0 saturated heterocycles. The van der Waals surface area contributed by atoms with Crippen LogP contribution in [0.1, 0.15) is 32.1 Å². The molecule has 0 aromatic rings. The van der Waals surface area contributed by atoms with Gasteiger partial charge in [-0.25, -0.2) is 0 Å². The number of methoxy groups -OCH3 is 2. The second-order valence-electron chi connectivity index (χ2n) is 5.07. The molecule has 1 fully saturated rings. The van der Waals surface area contributed by atoms with Crippen LogP contribution in [0.25, 0.3) is 0 Å². The third-order valence-corrected chi connectivity index (χ3v) is 3.71. The Morgan fingerprint density at radius 1 is 1.05 bits per heavy atom. The smallest absolute Gasteiger partial charge is 0.325 e. The van der Waals surface area contributed by atoms with Gasteiger partial charge in [0.1, 0.15) is 18.5 Å². The highest BCUT2D eigenvalue weighted by Gasteiger charge is 2.43. The molecule has 0 radical (unpaired) electrons. The van der Waals surface area contributed by atoms with Crippen molar-refractivity contribution in [2.24, 2.45) is 5.41 Å². The van der Waals surface area contributed by atoms with Gasteiger partial charge in [0.15, 0.2) is 0 Å². The van der Waals surface area contributed by atoms with Gasteiger partial charge in [-0.2, -0.15) is 5.26 Å². The SMILES string of the molecule is COC(=O)CN(CC(=O)OC)C(=O)C1(C#N)CCCCC1. The first-order valence-electron chi connectivity index (χ1n) is 6.83. The van der Waals surface area contributed by atoms with Crippen molar-refractivity contribution < 1.29 is 23.9 Å². The monoisotopic (exact) mass is 296 g/mol. The van der Waals surface area contributed by atoms with E-state index < -0.39 is 23.3 Å². The van der Waals surface area contributed by atoms with Crippen LogP contribution < -0.4 is 0 Å². The maximum absolute atomic E-state index is 12.6. The summed E-state index contributed by atoms with van der Waals surface area (Å²) in [6.07, 6.45) is 3.43. The summed E-state index contributed by atoms with van der Waals surface area (Å²) in [5.41, 5.74) is -1.15. The molecular formula is C14H20N2O5. The average Bonchev–Trinajstić information content (AvgIpc) is 2.53. The molecule has 0 aliphatic heterocycles. The zero-order chi connectivity index (χ0) is 15.9. The van der Waals surface area contributed by atoms with E-state index in [1.165, 1.54) is 14.2 Å². The van der Waals surface area contributed by atoms with Crippen LogP contribution in [0.15, 0.2) is 0 Å². The van der Waals surface area contributed by atoms with Gasteiger partial charge in [-0.05, 0) is 12.8 Å². The van der Waals surface area contributed by atoms with Crippen molar-refractivity contribution in [1.29, 1.82) is 5.26 Å². The fourth-order valence-corrected chi connectivity index (χ4v) is 2.47. The van der Waals surface area contributed by atoms with E-state index in [0.717, 1.165) is 24.2 Å². The van der Waals surface area contributed by atoms with Crippen molar-refractivity contribution in [2.75, 3.05) is 27.3 Å². The molecule has 0 N–H and O–H groups in total. The first-order chi connectivity index (χ1) is 9.99. The van der Waals surface area contributed by atoms with Crippen molar-refractivity contribution in [2.45, 2.75) is 32.1 Å². The number of rotatable bonds is 5. The third-order valence-electron chi connectivity index (χ3n) is 3.71. The quantitative estimate of drug-likeness (QED) is 0.690. The van der Waals surface area contributed by atoms with Gasteiger partial charge >= 0.3 is 11.9 Å².